The van der Waals surface area contributed by atoms with Gasteiger partial charge in [-0.1, -0.05) is 12.1 Å². The molecule has 0 bridgehead atoms. The quantitative estimate of drug-likeness (QED) is 0.652. The molecular weight excluding hydrogens is 360 g/mol. The second-order valence-corrected chi connectivity index (χ2v) is 6.59. The zero-order valence-electron chi connectivity index (χ0n) is 15.9. The molecule has 4 rings (SSSR count). The second kappa shape index (κ2) is 7.94. The molecule has 1 aliphatic heterocycles. The van der Waals surface area contributed by atoms with Gasteiger partial charge >= 0.3 is 0 Å². The first-order valence-electron chi connectivity index (χ1n) is 9.26. The van der Waals surface area contributed by atoms with Crippen molar-refractivity contribution in [2.45, 2.75) is 25.6 Å². The Hall–Kier alpha value is -2.99. The molecule has 1 saturated heterocycles. The van der Waals surface area contributed by atoms with E-state index in [1.807, 2.05) is 0 Å². The highest BCUT2D eigenvalue weighted by molar-refractivity contribution is 5.84. The maximum absolute atomic E-state index is 13.1. The summed E-state index contributed by atoms with van der Waals surface area (Å²) in [5.41, 5.74) is 1.35. The van der Waals surface area contributed by atoms with Gasteiger partial charge < -0.3 is 23.4 Å². The largest absolute Gasteiger partial charge is 0.493 e. The van der Waals surface area contributed by atoms with Crippen molar-refractivity contribution in [3.8, 4) is 28.4 Å². The van der Waals surface area contributed by atoms with Crippen LogP contribution in [0.4, 0.5) is 0 Å². The van der Waals surface area contributed by atoms with Gasteiger partial charge in [0.2, 0.25) is 5.43 Å². The molecule has 0 radical (unpaired) electrons. The summed E-state index contributed by atoms with van der Waals surface area (Å²) in [6.07, 6.45) is 4.19. The molecule has 146 valence electrons. The first-order chi connectivity index (χ1) is 13.7. The van der Waals surface area contributed by atoms with Gasteiger partial charge in [0.25, 0.3) is 0 Å². The van der Waals surface area contributed by atoms with Gasteiger partial charge in [-0.2, -0.15) is 0 Å². The monoisotopic (exact) mass is 382 g/mol. The molecule has 2 aromatic carbocycles. The van der Waals surface area contributed by atoms with Crippen LogP contribution in [0.1, 0.15) is 19.3 Å². The number of ether oxygens (including phenoxy) is 4. The summed E-state index contributed by atoms with van der Waals surface area (Å²) in [6, 6.07) is 10.6. The van der Waals surface area contributed by atoms with Gasteiger partial charge in [-0.25, -0.2) is 0 Å². The van der Waals surface area contributed by atoms with Crippen molar-refractivity contribution in [1.29, 1.82) is 0 Å². The van der Waals surface area contributed by atoms with Crippen molar-refractivity contribution >= 4 is 11.0 Å². The van der Waals surface area contributed by atoms with Crippen LogP contribution in [0.2, 0.25) is 0 Å². The maximum atomic E-state index is 13.1. The summed E-state index contributed by atoms with van der Waals surface area (Å²) >= 11 is 0. The number of fused-ring (bicyclic) bond motifs is 1. The van der Waals surface area contributed by atoms with E-state index >= 15 is 0 Å². The summed E-state index contributed by atoms with van der Waals surface area (Å²) in [7, 11) is 3.10. The van der Waals surface area contributed by atoms with Crippen molar-refractivity contribution in [1.82, 2.24) is 0 Å². The molecule has 28 heavy (non-hydrogen) atoms. The molecular formula is C22H22O6. The van der Waals surface area contributed by atoms with Gasteiger partial charge in [0.05, 0.1) is 31.8 Å². The number of para-hydroxylation sites is 1. The lowest BCUT2D eigenvalue weighted by Gasteiger charge is -2.23. The highest BCUT2D eigenvalue weighted by Crippen LogP contribution is 2.37. The topological polar surface area (TPSA) is 67.1 Å². The third-order valence-corrected chi connectivity index (χ3v) is 4.84. The van der Waals surface area contributed by atoms with Crippen LogP contribution in [0.25, 0.3) is 22.1 Å². The number of methoxy groups -OCH3 is 2. The molecule has 0 spiro atoms. The van der Waals surface area contributed by atoms with Crippen LogP contribution in [0.3, 0.4) is 0 Å². The van der Waals surface area contributed by atoms with Gasteiger partial charge in [0.1, 0.15) is 17.6 Å². The first kappa shape index (κ1) is 18.4. The normalized spacial score (nSPS) is 16.7. The van der Waals surface area contributed by atoms with Crippen LogP contribution >= 0.6 is 0 Å². The SMILES string of the molecule is COc1cccc(-c2coc3cc(OC4CCCCO4)ccc3c2=O)c1OC. The molecule has 1 aliphatic rings. The van der Waals surface area contributed by atoms with E-state index in [1.165, 1.54) is 6.26 Å². The zero-order valence-corrected chi connectivity index (χ0v) is 15.9. The Bertz CT molecular complexity index is 1030. The van der Waals surface area contributed by atoms with Crippen LogP contribution in [0.5, 0.6) is 17.2 Å². The highest BCUT2D eigenvalue weighted by Gasteiger charge is 2.18. The maximum Gasteiger partial charge on any atom is 0.200 e. The average Bonchev–Trinajstić information content (AvgIpc) is 2.74. The minimum atomic E-state index is -0.252. The Balaban J connectivity index is 1.72. The first-order valence-corrected chi connectivity index (χ1v) is 9.26. The molecule has 6 heteroatoms. The fourth-order valence-electron chi connectivity index (χ4n) is 3.42. The average molecular weight is 382 g/mol. The summed E-state index contributed by atoms with van der Waals surface area (Å²) < 4.78 is 28.0. The molecule has 1 fully saturated rings. The standard InChI is InChI=1S/C22H22O6/c1-24-18-7-5-6-15(22(18)25-2)17-13-27-19-12-14(9-10-16(19)21(17)23)28-20-8-3-4-11-26-20/h5-7,9-10,12-13,20H,3-4,8,11H2,1-2H3. The number of rotatable bonds is 5. The molecule has 6 nitrogen and oxygen atoms in total. The van der Waals surface area contributed by atoms with E-state index in [0.717, 1.165) is 19.3 Å². The molecule has 1 unspecified atom stereocenters. The Kier molecular flexibility index (Phi) is 5.21. The van der Waals surface area contributed by atoms with E-state index in [0.29, 0.717) is 46.0 Å². The van der Waals surface area contributed by atoms with Crippen LogP contribution in [-0.2, 0) is 4.74 Å². The van der Waals surface area contributed by atoms with Gasteiger partial charge in [-0.3, -0.25) is 4.79 Å². The summed E-state index contributed by atoms with van der Waals surface area (Å²) in [6.45, 7) is 0.707. The minimum Gasteiger partial charge on any atom is -0.493 e. The predicted octanol–water partition coefficient (Wildman–Crippen LogP) is 4.38. The minimum absolute atomic E-state index is 0.145. The van der Waals surface area contributed by atoms with Crippen molar-refractivity contribution in [2.75, 3.05) is 20.8 Å². The lowest BCUT2D eigenvalue weighted by molar-refractivity contribution is -0.105. The van der Waals surface area contributed by atoms with Gasteiger partial charge in [0, 0.05) is 18.1 Å². The second-order valence-electron chi connectivity index (χ2n) is 6.59. The van der Waals surface area contributed by atoms with E-state index < -0.39 is 0 Å². The van der Waals surface area contributed by atoms with Crippen LogP contribution < -0.4 is 19.6 Å². The van der Waals surface area contributed by atoms with Gasteiger partial charge in [-0.05, 0) is 31.0 Å². The number of hydrogen-bond donors (Lipinski definition) is 0. The van der Waals surface area contributed by atoms with Crippen molar-refractivity contribution in [3.05, 3.63) is 52.9 Å². The van der Waals surface area contributed by atoms with Crippen LogP contribution in [-0.4, -0.2) is 27.1 Å². The van der Waals surface area contributed by atoms with E-state index in [-0.39, 0.29) is 11.7 Å². The van der Waals surface area contributed by atoms with Crippen molar-refractivity contribution in [2.24, 2.45) is 0 Å². The number of benzene rings is 2. The molecule has 1 atom stereocenters. The molecule has 2 heterocycles. The summed E-state index contributed by atoms with van der Waals surface area (Å²) in [5, 5.41) is 0.472. The molecule has 0 aliphatic carbocycles. The highest BCUT2D eigenvalue weighted by atomic mass is 16.7. The van der Waals surface area contributed by atoms with Crippen LogP contribution in [0, 0.1) is 0 Å². The Morgan fingerprint density at radius 2 is 1.93 bits per heavy atom. The lowest BCUT2D eigenvalue weighted by Crippen LogP contribution is -2.24. The third kappa shape index (κ3) is 3.43. The van der Waals surface area contributed by atoms with Crippen molar-refractivity contribution in [3.63, 3.8) is 0 Å². The fourth-order valence-corrected chi connectivity index (χ4v) is 3.42. The Morgan fingerprint density at radius 1 is 1.04 bits per heavy atom. The number of hydrogen-bond acceptors (Lipinski definition) is 6. The Morgan fingerprint density at radius 3 is 2.68 bits per heavy atom. The molecule has 0 amide bonds. The third-order valence-electron chi connectivity index (χ3n) is 4.84. The van der Waals surface area contributed by atoms with E-state index in [2.05, 4.69) is 0 Å². The van der Waals surface area contributed by atoms with E-state index in [4.69, 9.17) is 23.4 Å². The smallest absolute Gasteiger partial charge is 0.200 e. The summed E-state index contributed by atoms with van der Waals surface area (Å²) in [5.74, 6) is 1.66. The Labute approximate surface area is 162 Å². The molecule has 3 aromatic rings. The fraction of sp³-hybridized carbons (Fsp3) is 0.318. The summed E-state index contributed by atoms with van der Waals surface area (Å²) in [4.78, 5) is 13.1. The van der Waals surface area contributed by atoms with E-state index in [1.54, 1.807) is 50.6 Å². The zero-order chi connectivity index (χ0) is 19.5. The van der Waals surface area contributed by atoms with E-state index in [9.17, 15) is 4.79 Å². The lowest BCUT2D eigenvalue weighted by atomic mass is 10.0. The van der Waals surface area contributed by atoms with Gasteiger partial charge in [-0.15, -0.1) is 0 Å². The molecule has 0 saturated carbocycles. The molecule has 0 N–H and O–H groups in total. The van der Waals surface area contributed by atoms with Crippen molar-refractivity contribution < 1.29 is 23.4 Å². The van der Waals surface area contributed by atoms with Gasteiger partial charge in [0.15, 0.2) is 17.8 Å². The predicted molar refractivity (Wildman–Crippen MR) is 105 cm³/mol. The van der Waals surface area contributed by atoms with Crippen LogP contribution in [0.15, 0.2) is 51.9 Å². The molecule has 1 aromatic heterocycles.